The molecule has 5 rings (SSSR count). The Morgan fingerprint density at radius 2 is 1.71 bits per heavy atom. The number of amides is 2. The first-order valence-electron chi connectivity index (χ1n) is 12.5. The molecule has 0 saturated carbocycles. The normalized spacial score (nSPS) is 14.2. The highest BCUT2D eigenvalue weighted by atomic mass is 32.2. The number of thiophene rings is 1. The standard InChI is InChI=1S/C31H27N3O2S2/c32-19-27-26-15-14-23(22-10-5-2-6-11-22)17-28(26)38-31(27)34-30(36)20-37-25-13-7-12-24(18-25)33-29(35)16-21-8-3-1-4-9-21/h1-13,18,23H,14-17,20H2,(H,33,35)(H,34,36). The number of hydrogen-bond donors (Lipinski definition) is 2. The predicted octanol–water partition coefficient (Wildman–Crippen LogP) is 6.80. The Labute approximate surface area is 230 Å². The second kappa shape index (κ2) is 12.1. The molecule has 3 aromatic carbocycles. The van der Waals surface area contributed by atoms with Gasteiger partial charge in [-0.2, -0.15) is 5.26 Å². The summed E-state index contributed by atoms with van der Waals surface area (Å²) >= 11 is 2.93. The van der Waals surface area contributed by atoms with Crippen LogP contribution in [0.25, 0.3) is 0 Å². The van der Waals surface area contributed by atoms with Crippen molar-refractivity contribution < 1.29 is 9.59 Å². The number of thioether (sulfide) groups is 1. The number of nitrogens with one attached hydrogen (secondary N) is 2. The molecule has 1 aliphatic rings. The summed E-state index contributed by atoms with van der Waals surface area (Å²) in [6, 6.07) is 29.9. The number of nitriles is 1. The molecule has 1 heterocycles. The summed E-state index contributed by atoms with van der Waals surface area (Å²) in [6.07, 6.45) is 3.05. The number of carbonyl (C=O) groups is 2. The van der Waals surface area contributed by atoms with Crippen LogP contribution in [-0.4, -0.2) is 17.6 Å². The second-order valence-corrected chi connectivity index (χ2v) is 11.4. The molecule has 0 fully saturated rings. The molecule has 5 nitrogen and oxygen atoms in total. The van der Waals surface area contributed by atoms with Crippen molar-refractivity contribution in [2.24, 2.45) is 0 Å². The lowest BCUT2D eigenvalue weighted by molar-refractivity contribution is -0.115. The molecule has 4 aromatic rings. The molecule has 2 amide bonds. The van der Waals surface area contributed by atoms with E-state index in [0.29, 0.717) is 28.6 Å². The second-order valence-electron chi connectivity index (χ2n) is 9.25. The Balaban J connectivity index is 1.18. The minimum Gasteiger partial charge on any atom is -0.326 e. The van der Waals surface area contributed by atoms with E-state index in [1.807, 2.05) is 60.7 Å². The van der Waals surface area contributed by atoms with E-state index in [-0.39, 0.29) is 17.6 Å². The number of carbonyl (C=O) groups excluding carboxylic acids is 2. The molecular formula is C31H27N3O2S2. The van der Waals surface area contributed by atoms with Gasteiger partial charge in [0, 0.05) is 15.5 Å². The Hall–Kier alpha value is -3.86. The van der Waals surface area contributed by atoms with E-state index in [0.717, 1.165) is 35.3 Å². The van der Waals surface area contributed by atoms with Gasteiger partial charge in [-0.25, -0.2) is 0 Å². The van der Waals surface area contributed by atoms with Crippen LogP contribution >= 0.6 is 23.1 Å². The summed E-state index contributed by atoms with van der Waals surface area (Å²) in [5.41, 5.74) is 4.67. The third kappa shape index (κ3) is 6.34. The number of nitrogens with zero attached hydrogens (tertiary/aromatic N) is 1. The Kier molecular flexibility index (Phi) is 8.22. The molecular weight excluding hydrogens is 510 g/mol. The monoisotopic (exact) mass is 537 g/mol. The van der Waals surface area contributed by atoms with Gasteiger partial charge in [0.2, 0.25) is 11.8 Å². The highest BCUT2D eigenvalue weighted by molar-refractivity contribution is 8.00. The molecule has 0 aliphatic heterocycles. The lowest BCUT2D eigenvalue weighted by atomic mass is 9.83. The summed E-state index contributed by atoms with van der Waals surface area (Å²) in [4.78, 5) is 27.3. The molecule has 2 N–H and O–H groups in total. The van der Waals surface area contributed by atoms with Crippen LogP contribution in [0.1, 0.15) is 39.5 Å². The lowest BCUT2D eigenvalue weighted by Gasteiger charge is -2.22. The molecule has 1 atom stereocenters. The minimum absolute atomic E-state index is 0.0868. The van der Waals surface area contributed by atoms with Gasteiger partial charge in [-0.1, -0.05) is 66.7 Å². The molecule has 190 valence electrons. The largest absolute Gasteiger partial charge is 0.326 e. The average Bonchev–Trinajstić information content (AvgIpc) is 3.29. The average molecular weight is 538 g/mol. The zero-order chi connectivity index (χ0) is 26.3. The summed E-state index contributed by atoms with van der Waals surface area (Å²) in [5.74, 6) is 0.412. The van der Waals surface area contributed by atoms with E-state index < -0.39 is 0 Å². The van der Waals surface area contributed by atoms with E-state index in [9.17, 15) is 14.9 Å². The zero-order valence-corrected chi connectivity index (χ0v) is 22.4. The summed E-state index contributed by atoms with van der Waals surface area (Å²) in [7, 11) is 0. The fraction of sp³-hybridized carbons (Fsp3) is 0.194. The number of fused-ring (bicyclic) bond motifs is 1. The van der Waals surface area contributed by atoms with Gasteiger partial charge in [0.15, 0.2) is 0 Å². The maximum Gasteiger partial charge on any atom is 0.235 e. The van der Waals surface area contributed by atoms with E-state index >= 15 is 0 Å². The van der Waals surface area contributed by atoms with Crippen LogP contribution < -0.4 is 10.6 Å². The molecule has 0 spiro atoms. The van der Waals surface area contributed by atoms with E-state index in [2.05, 4.69) is 41.0 Å². The topological polar surface area (TPSA) is 82.0 Å². The van der Waals surface area contributed by atoms with Crippen molar-refractivity contribution in [2.45, 2.75) is 36.5 Å². The van der Waals surface area contributed by atoms with Crippen molar-refractivity contribution in [3.8, 4) is 6.07 Å². The van der Waals surface area contributed by atoms with Gasteiger partial charge in [-0.15, -0.1) is 23.1 Å². The summed E-state index contributed by atoms with van der Waals surface area (Å²) in [6.45, 7) is 0. The van der Waals surface area contributed by atoms with Crippen LogP contribution in [0.3, 0.4) is 0 Å². The first kappa shape index (κ1) is 25.8. The minimum atomic E-state index is -0.150. The van der Waals surface area contributed by atoms with Gasteiger partial charge in [0.25, 0.3) is 0 Å². The summed E-state index contributed by atoms with van der Waals surface area (Å²) < 4.78 is 0. The lowest BCUT2D eigenvalue weighted by Crippen LogP contribution is -2.15. The van der Waals surface area contributed by atoms with Crippen LogP contribution in [-0.2, 0) is 28.9 Å². The zero-order valence-electron chi connectivity index (χ0n) is 20.8. The van der Waals surface area contributed by atoms with Gasteiger partial charge in [0.05, 0.1) is 17.7 Å². The van der Waals surface area contributed by atoms with E-state index in [4.69, 9.17) is 0 Å². The highest BCUT2D eigenvalue weighted by Gasteiger charge is 2.27. The van der Waals surface area contributed by atoms with Crippen LogP contribution in [0.5, 0.6) is 0 Å². The van der Waals surface area contributed by atoms with Gasteiger partial charge in [-0.05, 0) is 60.1 Å². The molecule has 1 aliphatic carbocycles. The van der Waals surface area contributed by atoms with Gasteiger partial charge in [-0.3, -0.25) is 9.59 Å². The van der Waals surface area contributed by atoms with E-state index in [1.165, 1.54) is 33.5 Å². The third-order valence-corrected chi connectivity index (χ3v) is 8.76. The van der Waals surface area contributed by atoms with Crippen molar-refractivity contribution in [2.75, 3.05) is 16.4 Å². The van der Waals surface area contributed by atoms with E-state index in [1.54, 1.807) is 0 Å². The Morgan fingerprint density at radius 3 is 2.47 bits per heavy atom. The molecule has 0 bridgehead atoms. The molecule has 0 saturated heterocycles. The maximum atomic E-state index is 12.8. The SMILES string of the molecule is N#Cc1c(NC(=O)CSc2cccc(NC(=O)Cc3ccccc3)c2)sc2c1CCC(c1ccccc1)C2. The van der Waals surface area contributed by atoms with Crippen molar-refractivity contribution in [3.05, 3.63) is 112 Å². The van der Waals surface area contributed by atoms with Crippen molar-refractivity contribution in [1.82, 2.24) is 0 Å². The smallest absolute Gasteiger partial charge is 0.235 e. The molecule has 0 radical (unpaired) electrons. The van der Waals surface area contributed by atoms with Gasteiger partial charge in [0.1, 0.15) is 11.1 Å². The molecule has 1 aromatic heterocycles. The Bertz CT molecular complexity index is 1480. The third-order valence-electron chi connectivity index (χ3n) is 6.60. The molecule has 38 heavy (non-hydrogen) atoms. The fourth-order valence-corrected chi connectivity index (χ4v) is 6.81. The fourth-order valence-electron chi connectivity index (χ4n) is 4.76. The first-order valence-corrected chi connectivity index (χ1v) is 14.4. The highest BCUT2D eigenvalue weighted by Crippen LogP contribution is 2.42. The predicted molar refractivity (Wildman–Crippen MR) is 155 cm³/mol. The molecule has 1 unspecified atom stereocenters. The quantitative estimate of drug-likeness (QED) is 0.242. The van der Waals surface area contributed by atoms with Gasteiger partial charge < -0.3 is 10.6 Å². The van der Waals surface area contributed by atoms with Crippen LogP contribution in [0.2, 0.25) is 0 Å². The van der Waals surface area contributed by atoms with Gasteiger partial charge >= 0.3 is 0 Å². The molecule has 7 heteroatoms. The van der Waals surface area contributed by atoms with Crippen LogP contribution in [0, 0.1) is 11.3 Å². The maximum absolute atomic E-state index is 12.8. The van der Waals surface area contributed by atoms with Crippen molar-refractivity contribution in [3.63, 3.8) is 0 Å². The van der Waals surface area contributed by atoms with Crippen molar-refractivity contribution in [1.29, 1.82) is 5.26 Å². The summed E-state index contributed by atoms with van der Waals surface area (Å²) in [5, 5.41) is 16.4. The van der Waals surface area contributed by atoms with Crippen LogP contribution in [0.15, 0.2) is 89.8 Å². The first-order chi connectivity index (χ1) is 18.6. The number of benzene rings is 3. The van der Waals surface area contributed by atoms with Crippen molar-refractivity contribution >= 4 is 45.6 Å². The van der Waals surface area contributed by atoms with Crippen LogP contribution in [0.4, 0.5) is 10.7 Å². The number of rotatable bonds is 8. The number of hydrogen-bond acceptors (Lipinski definition) is 5. The number of anilines is 2. The Morgan fingerprint density at radius 1 is 0.947 bits per heavy atom.